The van der Waals surface area contributed by atoms with Gasteiger partial charge in [0.1, 0.15) is 12.0 Å². The number of H-pyrrole nitrogens is 1. The number of aromatic nitrogens is 5. The van der Waals surface area contributed by atoms with Crippen LogP contribution in [-0.2, 0) is 0 Å². The summed E-state index contributed by atoms with van der Waals surface area (Å²) in [5, 5.41) is 2.96. The van der Waals surface area contributed by atoms with E-state index in [2.05, 4.69) is 30.2 Å². The van der Waals surface area contributed by atoms with Gasteiger partial charge in [-0.1, -0.05) is 24.3 Å². The number of rotatable bonds is 4. The van der Waals surface area contributed by atoms with Crippen LogP contribution in [-0.4, -0.2) is 30.8 Å². The number of imidazole rings is 1. The van der Waals surface area contributed by atoms with Gasteiger partial charge in [0, 0.05) is 18.0 Å². The lowest BCUT2D eigenvalue weighted by Crippen LogP contribution is -2.27. The van der Waals surface area contributed by atoms with Crippen LogP contribution in [0.3, 0.4) is 0 Å². The molecule has 2 N–H and O–H groups in total. The molecule has 1 unspecified atom stereocenters. The first-order chi connectivity index (χ1) is 12.7. The molecule has 26 heavy (non-hydrogen) atoms. The Morgan fingerprint density at radius 2 is 1.81 bits per heavy atom. The molecule has 0 aliphatic rings. The second-order valence-electron chi connectivity index (χ2n) is 5.91. The molecule has 0 bridgehead atoms. The standard InChI is InChI=1S/C19H16N6O/c1-12(13-2-4-14(5-3-13)15-8-20-10-21-9-15)24-19(26)17-7-6-16-18(25-17)23-11-22-16/h2-12H,1H3,(H,24,26)(H,22,23,25). The van der Waals surface area contributed by atoms with E-state index in [1.807, 2.05) is 31.2 Å². The number of nitrogens with zero attached hydrogens (tertiary/aromatic N) is 4. The van der Waals surface area contributed by atoms with E-state index in [1.165, 1.54) is 6.33 Å². The number of carbonyl (C=O) groups excluding carboxylic acids is 1. The van der Waals surface area contributed by atoms with Gasteiger partial charge >= 0.3 is 0 Å². The van der Waals surface area contributed by atoms with Gasteiger partial charge in [-0.25, -0.2) is 19.9 Å². The molecule has 3 heterocycles. The molecule has 128 valence electrons. The monoisotopic (exact) mass is 344 g/mol. The first-order valence-corrected chi connectivity index (χ1v) is 8.17. The van der Waals surface area contributed by atoms with Crippen molar-refractivity contribution >= 4 is 17.1 Å². The van der Waals surface area contributed by atoms with E-state index in [9.17, 15) is 4.79 Å². The van der Waals surface area contributed by atoms with Crippen molar-refractivity contribution in [3.8, 4) is 11.1 Å². The molecule has 0 saturated carbocycles. The van der Waals surface area contributed by atoms with E-state index in [4.69, 9.17) is 0 Å². The molecule has 1 amide bonds. The van der Waals surface area contributed by atoms with Crippen molar-refractivity contribution < 1.29 is 4.79 Å². The van der Waals surface area contributed by atoms with E-state index in [0.29, 0.717) is 11.3 Å². The maximum Gasteiger partial charge on any atom is 0.270 e. The molecule has 0 aliphatic carbocycles. The highest BCUT2D eigenvalue weighted by atomic mass is 16.1. The minimum absolute atomic E-state index is 0.153. The van der Waals surface area contributed by atoms with Crippen LogP contribution >= 0.6 is 0 Å². The number of aromatic amines is 1. The minimum Gasteiger partial charge on any atom is -0.344 e. The van der Waals surface area contributed by atoms with E-state index in [0.717, 1.165) is 22.2 Å². The normalized spacial score (nSPS) is 12.0. The van der Waals surface area contributed by atoms with E-state index < -0.39 is 0 Å². The highest BCUT2D eigenvalue weighted by molar-refractivity contribution is 5.94. The number of carbonyl (C=O) groups is 1. The molecule has 0 radical (unpaired) electrons. The SMILES string of the molecule is CC(NC(=O)c1ccc2[nH]cnc2n1)c1ccc(-c2cncnc2)cc1. The van der Waals surface area contributed by atoms with Crippen molar-refractivity contribution in [3.05, 3.63) is 72.7 Å². The molecule has 7 heteroatoms. The Bertz CT molecular complexity index is 1040. The van der Waals surface area contributed by atoms with Gasteiger partial charge in [-0.2, -0.15) is 0 Å². The van der Waals surface area contributed by atoms with Crippen LogP contribution in [0.5, 0.6) is 0 Å². The summed E-state index contributed by atoms with van der Waals surface area (Å²) in [6.45, 7) is 1.94. The Balaban J connectivity index is 1.48. The molecule has 4 aromatic rings. The molecular weight excluding hydrogens is 328 g/mol. The Morgan fingerprint density at radius 3 is 2.58 bits per heavy atom. The third-order valence-corrected chi connectivity index (χ3v) is 4.17. The van der Waals surface area contributed by atoms with Crippen LogP contribution in [0.15, 0.2) is 61.4 Å². The molecule has 3 aromatic heterocycles. The minimum atomic E-state index is -0.233. The molecule has 0 spiro atoms. The summed E-state index contributed by atoms with van der Waals surface area (Å²) in [5.41, 5.74) is 4.65. The highest BCUT2D eigenvalue weighted by Gasteiger charge is 2.14. The summed E-state index contributed by atoms with van der Waals surface area (Å²) in [5.74, 6) is -0.233. The summed E-state index contributed by atoms with van der Waals surface area (Å²) < 4.78 is 0. The Hall–Kier alpha value is -3.61. The molecule has 1 atom stereocenters. The van der Waals surface area contributed by atoms with Crippen molar-refractivity contribution in [3.63, 3.8) is 0 Å². The number of fused-ring (bicyclic) bond motifs is 1. The highest BCUT2D eigenvalue weighted by Crippen LogP contribution is 2.21. The molecule has 7 nitrogen and oxygen atoms in total. The van der Waals surface area contributed by atoms with Crippen molar-refractivity contribution in [1.29, 1.82) is 0 Å². The Labute approximate surface area is 149 Å². The number of nitrogens with one attached hydrogen (secondary N) is 2. The zero-order valence-electron chi connectivity index (χ0n) is 14.0. The van der Waals surface area contributed by atoms with Gasteiger partial charge in [-0.05, 0) is 30.2 Å². The van der Waals surface area contributed by atoms with Crippen LogP contribution in [0, 0.1) is 0 Å². The van der Waals surface area contributed by atoms with Gasteiger partial charge in [0.25, 0.3) is 5.91 Å². The summed E-state index contributed by atoms with van der Waals surface area (Å²) in [6, 6.07) is 11.3. The van der Waals surface area contributed by atoms with Gasteiger partial charge in [0.05, 0.1) is 17.9 Å². The molecule has 4 rings (SSSR count). The quantitative estimate of drug-likeness (QED) is 0.593. The first-order valence-electron chi connectivity index (χ1n) is 8.17. The maximum absolute atomic E-state index is 12.5. The number of pyridine rings is 1. The van der Waals surface area contributed by atoms with Gasteiger partial charge in [0.15, 0.2) is 5.65 Å². The van der Waals surface area contributed by atoms with Crippen LogP contribution in [0.4, 0.5) is 0 Å². The van der Waals surface area contributed by atoms with Crippen molar-refractivity contribution in [2.45, 2.75) is 13.0 Å². The fraction of sp³-hybridized carbons (Fsp3) is 0.105. The van der Waals surface area contributed by atoms with Crippen LogP contribution in [0.1, 0.15) is 29.0 Å². The van der Waals surface area contributed by atoms with Crippen molar-refractivity contribution in [2.24, 2.45) is 0 Å². The zero-order valence-corrected chi connectivity index (χ0v) is 14.0. The number of hydrogen-bond acceptors (Lipinski definition) is 5. The van der Waals surface area contributed by atoms with Gasteiger partial charge in [0.2, 0.25) is 0 Å². The second-order valence-corrected chi connectivity index (χ2v) is 5.91. The fourth-order valence-electron chi connectivity index (χ4n) is 2.72. The lowest BCUT2D eigenvalue weighted by Gasteiger charge is -2.14. The first kappa shape index (κ1) is 15.9. The smallest absolute Gasteiger partial charge is 0.270 e. The zero-order chi connectivity index (χ0) is 17.9. The van der Waals surface area contributed by atoms with E-state index in [1.54, 1.807) is 30.9 Å². The summed E-state index contributed by atoms with van der Waals surface area (Å²) >= 11 is 0. The average molecular weight is 344 g/mol. The fourth-order valence-corrected chi connectivity index (χ4v) is 2.72. The molecule has 0 saturated heterocycles. The second kappa shape index (κ2) is 6.72. The van der Waals surface area contributed by atoms with Crippen LogP contribution in [0.2, 0.25) is 0 Å². The van der Waals surface area contributed by atoms with Crippen LogP contribution < -0.4 is 5.32 Å². The lowest BCUT2D eigenvalue weighted by atomic mass is 10.0. The van der Waals surface area contributed by atoms with Gasteiger partial charge in [-0.3, -0.25) is 4.79 Å². The largest absolute Gasteiger partial charge is 0.344 e. The predicted octanol–water partition coefficient (Wildman–Crippen LogP) is 2.91. The number of benzene rings is 1. The summed E-state index contributed by atoms with van der Waals surface area (Å²) in [4.78, 5) is 31.8. The molecular formula is C19H16N6O. The molecule has 0 fully saturated rings. The van der Waals surface area contributed by atoms with Crippen LogP contribution in [0.25, 0.3) is 22.3 Å². The number of hydrogen-bond donors (Lipinski definition) is 2. The Morgan fingerprint density at radius 1 is 1.04 bits per heavy atom. The van der Waals surface area contributed by atoms with E-state index in [-0.39, 0.29) is 11.9 Å². The molecule has 1 aromatic carbocycles. The van der Waals surface area contributed by atoms with Gasteiger partial charge in [-0.15, -0.1) is 0 Å². The molecule has 0 aliphatic heterocycles. The Kier molecular flexibility index (Phi) is 4.10. The average Bonchev–Trinajstić information content (AvgIpc) is 3.16. The van der Waals surface area contributed by atoms with Crippen molar-refractivity contribution in [1.82, 2.24) is 30.2 Å². The van der Waals surface area contributed by atoms with E-state index >= 15 is 0 Å². The number of amides is 1. The predicted molar refractivity (Wildman–Crippen MR) is 97.2 cm³/mol. The summed E-state index contributed by atoms with van der Waals surface area (Å²) in [6.07, 6.45) is 6.60. The van der Waals surface area contributed by atoms with Crippen molar-refractivity contribution in [2.75, 3.05) is 0 Å². The maximum atomic E-state index is 12.5. The van der Waals surface area contributed by atoms with Gasteiger partial charge < -0.3 is 10.3 Å². The lowest BCUT2D eigenvalue weighted by molar-refractivity contribution is 0.0935. The third kappa shape index (κ3) is 3.14. The topological polar surface area (TPSA) is 96.5 Å². The summed E-state index contributed by atoms with van der Waals surface area (Å²) in [7, 11) is 0. The third-order valence-electron chi connectivity index (χ3n) is 4.17.